The third-order valence-electron chi connectivity index (χ3n) is 7.64. The van der Waals surface area contributed by atoms with Crippen LogP contribution in [-0.4, -0.2) is 44.1 Å². The molecule has 0 bridgehead atoms. The lowest BCUT2D eigenvalue weighted by Crippen LogP contribution is -2.50. The van der Waals surface area contributed by atoms with Crippen LogP contribution < -0.4 is 20.7 Å². The average Bonchev–Trinajstić information content (AvgIpc) is 3.84. The van der Waals surface area contributed by atoms with Crippen LogP contribution in [0.4, 0.5) is 24.7 Å². The van der Waals surface area contributed by atoms with Gasteiger partial charge in [-0.25, -0.2) is 19.3 Å². The highest BCUT2D eigenvalue weighted by molar-refractivity contribution is 6.30. The maximum absolute atomic E-state index is 15.0. The fraction of sp³-hybridized carbons (Fsp3) is 0.258. The standard InChI is InChI=1S/C31H26ClF3N8O3/c1-15(28-39-12-19(33)13-40-28)41-29-21(10-36)25(26(27(37)44)22(42-29)8-16-2-3-16)17-4-7-23-24(9-17)46-31(34,35)30(45)43(23)14-20-6-5-18(32)11-38-20/h4-7,9-13,15-16,36H,2-3,8,14H2,1H3,(H2,37,44)(H,41,42). The molecule has 15 heteroatoms. The third-order valence-corrected chi connectivity index (χ3v) is 7.86. The van der Waals surface area contributed by atoms with Crippen LogP contribution in [0.25, 0.3) is 11.1 Å². The maximum Gasteiger partial charge on any atom is 0.482 e. The first-order valence-electron chi connectivity index (χ1n) is 14.2. The SMILES string of the molecule is CC(Nc1nc(CC2CC2)c(C(N)=O)c(-c2ccc3c(c2)OC(F)(F)C(=O)N3Cc2ccc(Cl)cn2)c1C=N)c1ncc(F)cn1. The molecule has 2 aliphatic rings. The van der Waals surface area contributed by atoms with Crippen LogP contribution in [0, 0.1) is 17.1 Å². The summed E-state index contributed by atoms with van der Waals surface area (Å²) in [6.07, 6.45) is 2.41. The molecular formula is C31H26ClF3N8O3. The van der Waals surface area contributed by atoms with Crippen LogP contribution >= 0.6 is 11.6 Å². The zero-order valence-electron chi connectivity index (χ0n) is 24.2. The second-order valence-corrected chi connectivity index (χ2v) is 11.4. The van der Waals surface area contributed by atoms with Crippen LogP contribution in [0.15, 0.2) is 48.9 Å². The Bertz CT molecular complexity index is 1850. The number of amides is 2. The third kappa shape index (κ3) is 6.07. The van der Waals surface area contributed by atoms with Gasteiger partial charge in [0.25, 0.3) is 5.91 Å². The molecule has 1 saturated carbocycles. The first kappa shape index (κ1) is 30.9. The van der Waals surface area contributed by atoms with Crippen LogP contribution in [0.5, 0.6) is 5.75 Å². The first-order chi connectivity index (χ1) is 21.9. The summed E-state index contributed by atoms with van der Waals surface area (Å²) in [5.41, 5.74) is 7.15. The van der Waals surface area contributed by atoms with Crippen molar-refractivity contribution in [3.8, 4) is 16.9 Å². The average molecular weight is 651 g/mol. The number of pyridine rings is 2. The number of hydrogen-bond acceptors (Lipinski definition) is 9. The molecule has 3 aromatic heterocycles. The highest BCUT2D eigenvalue weighted by atomic mass is 35.5. The fourth-order valence-electron chi connectivity index (χ4n) is 5.26. The lowest BCUT2D eigenvalue weighted by atomic mass is 9.91. The van der Waals surface area contributed by atoms with Gasteiger partial charge in [-0.3, -0.25) is 19.5 Å². The predicted octanol–water partition coefficient (Wildman–Crippen LogP) is 5.47. The van der Waals surface area contributed by atoms with Crippen molar-refractivity contribution in [3.05, 3.63) is 88.1 Å². The van der Waals surface area contributed by atoms with E-state index < -0.39 is 29.8 Å². The van der Waals surface area contributed by atoms with Gasteiger partial charge >= 0.3 is 12.0 Å². The van der Waals surface area contributed by atoms with Crippen molar-refractivity contribution < 1.29 is 27.5 Å². The summed E-state index contributed by atoms with van der Waals surface area (Å²) in [5.74, 6) is -2.67. The minimum absolute atomic E-state index is 0.0300. The van der Waals surface area contributed by atoms with E-state index in [4.69, 9.17) is 27.5 Å². The number of nitrogens with two attached hydrogens (primary N) is 1. The number of anilines is 2. The van der Waals surface area contributed by atoms with E-state index in [0.29, 0.717) is 22.8 Å². The largest absolute Gasteiger partial charge is 0.482 e. The second kappa shape index (κ2) is 12.0. The van der Waals surface area contributed by atoms with Crippen molar-refractivity contribution >= 4 is 41.1 Å². The van der Waals surface area contributed by atoms with Crippen molar-refractivity contribution in [3.63, 3.8) is 0 Å². The molecule has 1 fully saturated rings. The summed E-state index contributed by atoms with van der Waals surface area (Å²) in [6, 6.07) is 6.63. The number of ether oxygens (including phenoxy) is 1. The van der Waals surface area contributed by atoms with Gasteiger partial charge in [0.2, 0.25) is 0 Å². The Labute approximate surface area is 265 Å². The quantitative estimate of drug-likeness (QED) is 0.191. The number of benzene rings is 1. The van der Waals surface area contributed by atoms with E-state index in [1.807, 2.05) is 0 Å². The number of nitrogens with zero attached hydrogens (tertiary/aromatic N) is 5. The van der Waals surface area contributed by atoms with Gasteiger partial charge in [0, 0.05) is 23.5 Å². The molecular weight excluding hydrogens is 625 g/mol. The molecule has 4 heterocycles. The predicted molar refractivity (Wildman–Crippen MR) is 163 cm³/mol. The van der Waals surface area contributed by atoms with E-state index in [0.717, 1.165) is 36.3 Å². The number of primary amides is 1. The van der Waals surface area contributed by atoms with Gasteiger partial charge in [-0.2, -0.15) is 8.78 Å². The molecule has 0 saturated heterocycles. The van der Waals surface area contributed by atoms with Crippen molar-refractivity contribution in [1.82, 2.24) is 19.9 Å². The van der Waals surface area contributed by atoms with E-state index >= 15 is 0 Å². The molecule has 236 valence electrons. The molecule has 1 aromatic carbocycles. The minimum Gasteiger partial charge on any atom is -0.423 e. The summed E-state index contributed by atoms with van der Waals surface area (Å²) >= 11 is 5.90. The molecule has 46 heavy (non-hydrogen) atoms. The zero-order valence-corrected chi connectivity index (χ0v) is 25.0. The lowest BCUT2D eigenvalue weighted by molar-refractivity contribution is -0.193. The van der Waals surface area contributed by atoms with Gasteiger partial charge in [-0.1, -0.05) is 17.7 Å². The summed E-state index contributed by atoms with van der Waals surface area (Å²) in [5, 5.41) is 11.8. The Hall–Kier alpha value is -5.11. The molecule has 1 unspecified atom stereocenters. The van der Waals surface area contributed by atoms with Crippen molar-refractivity contribution in [1.29, 1.82) is 5.41 Å². The minimum atomic E-state index is -4.21. The number of halogens is 4. The number of aromatic nitrogens is 4. The first-order valence-corrected chi connectivity index (χ1v) is 14.6. The van der Waals surface area contributed by atoms with Gasteiger partial charge in [-0.15, -0.1) is 0 Å². The zero-order chi connectivity index (χ0) is 32.7. The van der Waals surface area contributed by atoms with Gasteiger partial charge in [0.1, 0.15) is 11.6 Å². The number of hydrogen-bond donors (Lipinski definition) is 3. The van der Waals surface area contributed by atoms with Gasteiger partial charge in [0.15, 0.2) is 11.6 Å². The Morgan fingerprint density at radius 1 is 1.22 bits per heavy atom. The summed E-state index contributed by atoms with van der Waals surface area (Å²) < 4.78 is 48.3. The van der Waals surface area contributed by atoms with E-state index in [9.17, 15) is 22.8 Å². The van der Waals surface area contributed by atoms with Gasteiger partial charge in [0.05, 0.1) is 52.6 Å². The van der Waals surface area contributed by atoms with Crippen molar-refractivity contribution in [2.24, 2.45) is 11.7 Å². The van der Waals surface area contributed by atoms with Gasteiger partial charge < -0.3 is 21.2 Å². The number of fused-ring (bicyclic) bond motifs is 1. The molecule has 1 aliphatic carbocycles. The molecule has 0 spiro atoms. The smallest absolute Gasteiger partial charge is 0.423 e. The monoisotopic (exact) mass is 650 g/mol. The Morgan fingerprint density at radius 2 is 1.96 bits per heavy atom. The molecule has 1 atom stereocenters. The van der Waals surface area contributed by atoms with Gasteiger partial charge in [-0.05, 0) is 61.9 Å². The maximum atomic E-state index is 15.0. The lowest BCUT2D eigenvalue weighted by Gasteiger charge is -2.33. The number of nitrogens with one attached hydrogen (secondary N) is 2. The van der Waals surface area contributed by atoms with E-state index in [1.54, 1.807) is 6.92 Å². The second-order valence-electron chi connectivity index (χ2n) is 11.0. The Kier molecular flexibility index (Phi) is 8.06. The van der Waals surface area contributed by atoms with E-state index in [1.165, 1.54) is 36.5 Å². The topological polar surface area (TPSA) is 160 Å². The highest BCUT2D eigenvalue weighted by Crippen LogP contribution is 2.45. The summed E-state index contributed by atoms with van der Waals surface area (Å²) in [6.45, 7) is 1.42. The summed E-state index contributed by atoms with van der Waals surface area (Å²) in [4.78, 5) is 43.4. The number of alkyl halides is 2. The molecule has 0 radical (unpaired) electrons. The van der Waals surface area contributed by atoms with E-state index in [2.05, 4.69) is 25.3 Å². The molecule has 4 N–H and O–H groups in total. The molecule has 2 amide bonds. The highest BCUT2D eigenvalue weighted by Gasteiger charge is 2.50. The molecule has 1 aliphatic heterocycles. The normalized spacial score (nSPS) is 15.9. The van der Waals surface area contributed by atoms with Crippen molar-refractivity contribution in [2.75, 3.05) is 10.2 Å². The Morgan fingerprint density at radius 3 is 2.59 bits per heavy atom. The Balaban J connectivity index is 1.48. The molecule has 4 aromatic rings. The number of carbonyl (C=O) groups is 2. The number of rotatable bonds is 10. The fourth-order valence-corrected chi connectivity index (χ4v) is 5.38. The van der Waals surface area contributed by atoms with Crippen LogP contribution in [0.2, 0.25) is 5.02 Å². The molecule has 6 rings (SSSR count). The van der Waals surface area contributed by atoms with Crippen LogP contribution in [0.3, 0.4) is 0 Å². The molecule has 11 nitrogen and oxygen atoms in total. The number of carbonyl (C=O) groups excluding carboxylic acids is 2. The summed E-state index contributed by atoms with van der Waals surface area (Å²) in [7, 11) is 0. The van der Waals surface area contributed by atoms with Crippen LogP contribution in [-0.2, 0) is 17.8 Å². The van der Waals surface area contributed by atoms with Crippen molar-refractivity contribution in [2.45, 2.75) is 44.9 Å². The van der Waals surface area contributed by atoms with Crippen LogP contribution in [0.1, 0.15) is 58.9 Å². The van der Waals surface area contributed by atoms with E-state index in [-0.39, 0.29) is 57.8 Å².